The van der Waals surface area contributed by atoms with Gasteiger partial charge in [-0.15, -0.1) is 0 Å². The molecule has 0 saturated carbocycles. The first-order valence-electron chi connectivity index (χ1n) is 4.35. The van der Waals surface area contributed by atoms with Gasteiger partial charge in [0.25, 0.3) is 0 Å². The van der Waals surface area contributed by atoms with Crippen LogP contribution in [0.4, 0.5) is 0 Å². The molecule has 0 unspecified atom stereocenters. The molecule has 0 fully saturated rings. The van der Waals surface area contributed by atoms with Gasteiger partial charge in [-0.25, -0.2) is 0 Å². The number of hydrogen-bond donors (Lipinski definition) is 1. The van der Waals surface area contributed by atoms with E-state index in [9.17, 15) is 0 Å². The maximum atomic E-state index is 8.82. The van der Waals surface area contributed by atoms with Crippen LogP contribution in [0.2, 0.25) is 0 Å². The van der Waals surface area contributed by atoms with Crippen LogP contribution in [0.1, 0.15) is 33.6 Å². The Morgan fingerprint density at radius 1 is 1.64 bits per heavy atom. The molecule has 0 aliphatic heterocycles. The van der Waals surface area contributed by atoms with Crippen LogP contribution in [0.3, 0.4) is 0 Å². The van der Waals surface area contributed by atoms with Crippen molar-refractivity contribution >= 4 is 0 Å². The number of allylic oxidation sites excluding steroid dienone is 2. The monoisotopic (exact) mass is 154 g/mol. The minimum Gasteiger partial charge on any atom is -0.396 e. The summed E-state index contributed by atoms with van der Waals surface area (Å²) in [4.78, 5) is 0. The Morgan fingerprint density at radius 2 is 2.27 bits per heavy atom. The quantitative estimate of drug-likeness (QED) is 0.605. The Balaban J connectivity index is 2.60. The van der Waals surface area contributed by atoms with Gasteiger partial charge in [-0.1, -0.05) is 25.5 Å². The van der Waals surface area contributed by atoms with E-state index in [2.05, 4.69) is 26.8 Å². The summed E-state index contributed by atoms with van der Waals surface area (Å²) in [6, 6.07) is 0. The summed E-state index contributed by atoms with van der Waals surface area (Å²) in [5.74, 6) is 0.660. The van der Waals surface area contributed by atoms with E-state index in [1.54, 1.807) is 0 Å². The van der Waals surface area contributed by atoms with Gasteiger partial charge in [-0.2, -0.15) is 0 Å². The first kappa shape index (κ1) is 8.79. The second kappa shape index (κ2) is 2.98. The highest BCUT2D eigenvalue weighted by atomic mass is 16.3. The van der Waals surface area contributed by atoms with Gasteiger partial charge in [-0.05, 0) is 31.1 Å². The van der Waals surface area contributed by atoms with E-state index in [1.165, 1.54) is 12.0 Å². The summed E-state index contributed by atoms with van der Waals surface area (Å²) in [7, 11) is 0. The zero-order valence-corrected chi connectivity index (χ0v) is 7.72. The molecule has 0 saturated heterocycles. The molecule has 0 aromatic carbocycles. The van der Waals surface area contributed by atoms with Gasteiger partial charge in [0.05, 0.1) is 0 Å². The average molecular weight is 154 g/mol. The standard InChI is InChI=1S/C10H18O/c1-8-6-9(4-5-11)10(2,3)7-8/h7,9,11H,4-6H2,1-3H3/t9-/m0/s1. The van der Waals surface area contributed by atoms with Crippen molar-refractivity contribution in [2.75, 3.05) is 6.61 Å². The van der Waals surface area contributed by atoms with Crippen LogP contribution < -0.4 is 0 Å². The summed E-state index contributed by atoms with van der Waals surface area (Å²) < 4.78 is 0. The number of rotatable bonds is 2. The van der Waals surface area contributed by atoms with E-state index < -0.39 is 0 Å². The van der Waals surface area contributed by atoms with E-state index in [-0.39, 0.29) is 0 Å². The van der Waals surface area contributed by atoms with Crippen LogP contribution in [-0.4, -0.2) is 11.7 Å². The lowest BCUT2D eigenvalue weighted by Gasteiger charge is -2.25. The molecule has 1 atom stereocenters. The predicted molar refractivity (Wildman–Crippen MR) is 47.3 cm³/mol. The molecule has 0 amide bonds. The van der Waals surface area contributed by atoms with E-state index in [4.69, 9.17) is 5.11 Å². The third-order valence-electron chi connectivity index (χ3n) is 2.72. The lowest BCUT2D eigenvalue weighted by atomic mass is 9.80. The Morgan fingerprint density at radius 3 is 2.64 bits per heavy atom. The van der Waals surface area contributed by atoms with E-state index in [1.807, 2.05) is 0 Å². The molecular weight excluding hydrogens is 136 g/mol. The maximum Gasteiger partial charge on any atom is 0.0434 e. The van der Waals surface area contributed by atoms with Crippen molar-refractivity contribution < 1.29 is 5.11 Å². The maximum absolute atomic E-state index is 8.82. The minimum atomic E-state index is 0.312. The van der Waals surface area contributed by atoms with Crippen molar-refractivity contribution in [2.45, 2.75) is 33.6 Å². The lowest BCUT2D eigenvalue weighted by molar-refractivity contribution is 0.207. The molecule has 0 aromatic heterocycles. The van der Waals surface area contributed by atoms with Crippen LogP contribution in [-0.2, 0) is 0 Å². The van der Waals surface area contributed by atoms with Crippen molar-refractivity contribution in [3.05, 3.63) is 11.6 Å². The van der Waals surface area contributed by atoms with Crippen molar-refractivity contribution in [2.24, 2.45) is 11.3 Å². The van der Waals surface area contributed by atoms with E-state index in [0.29, 0.717) is 17.9 Å². The fourth-order valence-electron chi connectivity index (χ4n) is 2.09. The highest BCUT2D eigenvalue weighted by Gasteiger charge is 2.31. The Kier molecular flexibility index (Phi) is 2.38. The summed E-state index contributed by atoms with van der Waals surface area (Å²) in [5.41, 5.74) is 1.79. The molecule has 1 nitrogen and oxygen atoms in total. The van der Waals surface area contributed by atoms with Crippen LogP contribution in [0.5, 0.6) is 0 Å². The second-order valence-electron chi connectivity index (χ2n) is 4.23. The van der Waals surface area contributed by atoms with Gasteiger partial charge < -0.3 is 5.11 Å². The topological polar surface area (TPSA) is 20.2 Å². The number of aliphatic hydroxyl groups is 1. The first-order chi connectivity index (χ1) is 5.06. The van der Waals surface area contributed by atoms with Crippen molar-refractivity contribution in [1.82, 2.24) is 0 Å². The molecule has 0 aromatic rings. The zero-order valence-electron chi connectivity index (χ0n) is 7.72. The smallest absolute Gasteiger partial charge is 0.0434 e. The van der Waals surface area contributed by atoms with Gasteiger partial charge >= 0.3 is 0 Å². The molecule has 11 heavy (non-hydrogen) atoms. The number of aliphatic hydroxyl groups excluding tert-OH is 1. The SMILES string of the molecule is CC1=CC(C)(C)[C@@H](CCO)C1. The molecule has 64 valence electrons. The third-order valence-corrected chi connectivity index (χ3v) is 2.72. The molecule has 0 spiro atoms. The molecule has 1 heteroatoms. The fourth-order valence-corrected chi connectivity index (χ4v) is 2.09. The van der Waals surface area contributed by atoms with Gasteiger partial charge in [0.15, 0.2) is 0 Å². The Labute approximate surface area is 69.1 Å². The van der Waals surface area contributed by atoms with Crippen LogP contribution in [0.15, 0.2) is 11.6 Å². The van der Waals surface area contributed by atoms with Crippen LogP contribution in [0, 0.1) is 11.3 Å². The minimum absolute atomic E-state index is 0.312. The van der Waals surface area contributed by atoms with Crippen LogP contribution >= 0.6 is 0 Å². The predicted octanol–water partition coefficient (Wildman–Crippen LogP) is 2.36. The highest BCUT2D eigenvalue weighted by molar-refractivity contribution is 5.15. The van der Waals surface area contributed by atoms with Crippen molar-refractivity contribution in [1.29, 1.82) is 0 Å². The lowest BCUT2D eigenvalue weighted by Crippen LogP contribution is -2.18. The van der Waals surface area contributed by atoms with Crippen molar-refractivity contribution in [3.63, 3.8) is 0 Å². The molecule has 1 rings (SSSR count). The summed E-state index contributed by atoms with van der Waals surface area (Å²) in [5, 5.41) is 8.82. The molecule has 1 aliphatic carbocycles. The average Bonchev–Trinajstić information content (AvgIpc) is 2.07. The second-order valence-corrected chi connectivity index (χ2v) is 4.23. The summed E-state index contributed by atoms with van der Waals surface area (Å²) >= 11 is 0. The number of hydrogen-bond acceptors (Lipinski definition) is 1. The Bertz CT molecular complexity index is 168. The highest BCUT2D eigenvalue weighted by Crippen LogP contribution is 2.42. The van der Waals surface area contributed by atoms with Crippen LogP contribution in [0.25, 0.3) is 0 Å². The Hall–Kier alpha value is -0.300. The molecule has 0 heterocycles. The van der Waals surface area contributed by atoms with Gasteiger partial charge in [0, 0.05) is 6.61 Å². The third kappa shape index (κ3) is 1.84. The van der Waals surface area contributed by atoms with Gasteiger partial charge in [0.1, 0.15) is 0 Å². The van der Waals surface area contributed by atoms with E-state index in [0.717, 1.165) is 6.42 Å². The zero-order chi connectivity index (χ0) is 8.48. The normalized spacial score (nSPS) is 28.7. The summed E-state index contributed by atoms with van der Waals surface area (Å²) in [6.07, 6.45) is 4.46. The largest absolute Gasteiger partial charge is 0.396 e. The fraction of sp³-hybridized carbons (Fsp3) is 0.800. The molecular formula is C10H18O. The summed E-state index contributed by atoms with van der Waals surface area (Å²) in [6.45, 7) is 7.02. The van der Waals surface area contributed by atoms with Gasteiger partial charge in [-0.3, -0.25) is 0 Å². The first-order valence-corrected chi connectivity index (χ1v) is 4.35. The molecule has 0 bridgehead atoms. The molecule has 0 radical (unpaired) electrons. The van der Waals surface area contributed by atoms with E-state index >= 15 is 0 Å². The molecule has 1 N–H and O–H groups in total. The molecule has 1 aliphatic rings. The van der Waals surface area contributed by atoms with Crippen molar-refractivity contribution in [3.8, 4) is 0 Å². The van der Waals surface area contributed by atoms with Gasteiger partial charge in [0.2, 0.25) is 0 Å².